The Labute approximate surface area is 204 Å². The number of hydrogen-bond acceptors (Lipinski definition) is 6. The van der Waals surface area contributed by atoms with Crippen molar-refractivity contribution < 1.29 is 27.1 Å². The van der Waals surface area contributed by atoms with Crippen LogP contribution in [-0.4, -0.2) is 39.2 Å². The van der Waals surface area contributed by atoms with Gasteiger partial charge in [-0.15, -0.1) is 0 Å². The Morgan fingerprint density at radius 2 is 1.83 bits per heavy atom. The number of nitrogens with zero attached hydrogens (tertiary/aromatic N) is 2. The number of aryl methyl sites for hydroxylation is 2. The number of halogens is 1. The molecule has 0 radical (unpaired) electrons. The van der Waals surface area contributed by atoms with Crippen molar-refractivity contribution >= 4 is 21.7 Å². The van der Waals surface area contributed by atoms with Crippen molar-refractivity contribution in [3.63, 3.8) is 0 Å². The van der Waals surface area contributed by atoms with Crippen molar-refractivity contribution in [3.8, 4) is 5.75 Å². The maximum Gasteiger partial charge on any atom is 0.337 e. The zero-order valence-electron chi connectivity index (χ0n) is 19.6. The zero-order valence-corrected chi connectivity index (χ0v) is 20.4. The van der Waals surface area contributed by atoms with Crippen molar-refractivity contribution in [1.29, 1.82) is 0 Å². The first-order valence-electron chi connectivity index (χ1n) is 11.3. The molecule has 3 aromatic rings. The Balaban J connectivity index is 1.71. The second kappa shape index (κ2) is 10.4. The van der Waals surface area contributed by atoms with Crippen LogP contribution in [0.5, 0.6) is 5.75 Å². The van der Waals surface area contributed by atoms with Gasteiger partial charge in [0.1, 0.15) is 18.5 Å². The number of carbonyl (C=O) groups excluding carboxylic acids is 1. The number of esters is 1. The molecule has 184 valence electrons. The summed E-state index contributed by atoms with van der Waals surface area (Å²) in [5.74, 6) is -0.0862. The topological polar surface area (TPSA) is 85.8 Å². The predicted molar refractivity (Wildman–Crippen MR) is 130 cm³/mol. The molecule has 0 bridgehead atoms. The van der Waals surface area contributed by atoms with Crippen LogP contribution in [0.3, 0.4) is 0 Å². The van der Waals surface area contributed by atoms with E-state index in [9.17, 15) is 17.6 Å². The first-order valence-corrected chi connectivity index (χ1v) is 12.8. The highest BCUT2D eigenvalue weighted by Gasteiger charge is 2.31. The Morgan fingerprint density at radius 1 is 1.11 bits per heavy atom. The number of methoxy groups -OCH3 is 1. The first-order chi connectivity index (χ1) is 16.8. The number of hydrogen-bond donors (Lipinski definition) is 0. The van der Waals surface area contributed by atoms with Gasteiger partial charge in [-0.1, -0.05) is 18.2 Å². The lowest BCUT2D eigenvalue weighted by molar-refractivity contribution is 0.0600. The number of pyridine rings is 1. The number of ether oxygens (including phenoxy) is 2. The molecule has 1 aromatic heterocycles. The molecule has 1 heterocycles. The molecule has 2 aromatic carbocycles. The van der Waals surface area contributed by atoms with Crippen LogP contribution in [0.25, 0.3) is 0 Å². The van der Waals surface area contributed by atoms with Gasteiger partial charge in [0.2, 0.25) is 0 Å². The normalized spacial score (nSPS) is 13.7. The standard InChI is InChI=1S/C26H27FN2O5S/c1-18(27)16-29(35(31,32)25-8-3-4-13-28-25)23-14-21-6-5-7-22(21)15-24(23)34-17-19-9-11-20(12-10-19)26(30)33-2/h3-4,8-15,18H,5-7,16-17H2,1-2H3/t18-/m1/s1. The third-order valence-electron chi connectivity index (χ3n) is 5.82. The summed E-state index contributed by atoms with van der Waals surface area (Å²) >= 11 is 0. The molecule has 35 heavy (non-hydrogen) atoms. The van der Waals surface area contributed by atoms with Crippen molar-refractivity contribution in [2.45, 2.75) is 44.0 Å². The summed E-state index contributed by atoms with van der Waals surface area (Å²) in [7, 11) is -2.82. The van der Waals surface area contributed by atoms with E-state index in [-0.39, 0.29) is 23.9 Å². The van der Waals surface area contributed by atoms with E-state index in [2.05, 4.69) is 4.98 Å². The third-order valence-corrected chi connectivity index (χ3v) is 7.52. The number of aromatic nitrogens is 1. The zero-order chi connectivity index (χ0) is 25.0. The summed E-state index contributed by atoms with van der Waals surface area (Å²) in [6.45, 7) is 1.08. The second-order valence-corrected chi connectivity index (χ2v) is 10.2. The van der Waals surface area contributed by atoms with Crippen molar-refractivity contribution in [2.24, 2.45) is 0 Å². The minimum atomic E-state index is -4.14. The quantitative estimate of drug-likeness (QED) is 0.404. The van der Waals surface area contributed by atoms with Gasteiger partial charge < -0.3 is 9.47 Å². The monoisotopic (exact) mass is 498 g/mol. The summed E-state index contributed by atoms with van der Waals surface area (Å²) in [4.78, 5) is 15.7. The molecule has 4 rings (SSSR count). The largest absolute Gasteiger partial charge is 0.487 e. The predicted octanol–water partition coefficient (Wildman–Crippen LogP) is 4.49. The summed E-state index contributed by atoms with van der Waals surface area (Å²) in [5, 5.41) is -0.162. The van der Waals surface area contributed by atoms with Crippen LogP contribution in [0.4, 0.5) is 10.1 Å². The molecule has 1 atom stereocenters. The lowest BCUT2D eigenvalue weighted by Gasteiger charge is -2.27. The fourth-order valence-corrected chi connectivity index (χ4v) is 5.56. The number of carbonyl (C=O) groups is 1. The molecule has 9 heteroatoms. The minimum absolute atomic E-state index is 0.135. The van der Waals surface area contributed by atoms with Crippen LogP contribution in [0, 0.1) is 0 Å². The summed E-state index contributed by atoms with van der Waals surface area (Å²) in [6, 6.07) is 15.0. The molecule has 0 saturated carbocycles. The highest BCUT2D eigenvalue weighted by atomic mass is 32.2. The van der Waals surface area contributed by atoms with Crippen molar-refractivity contribution in [1.82, 2.24) is 4.98 Å². The summed E-state index contributed by atoms with van der Waals surface area (Å²) < 4.78 is 53.2. The highest BCUT2D eigenvalue weighted by Crippen LogP contribution is 2.38. The van der Waals surface area contributed by atoms with Gasteiger partial charge >= 0.3 is 5.97 Å². The molecule has 0 saturated heterocycles. The van der Waals surface area contributed by atoms with Gasteiger partial charge in [-0.05, 0) is 79.3 Å². The third kappa shape index (κ3) is 5.45. The highest BCUT2D eigenvalue weighted by molar-refractivity contribution is 7.92. The van der Waals surface area contributed by atoms with Gasteiger partial charge in [-0.3, -0.25) is 4.31 Å². The van der Waals surface area contributed by atoms with Crippen LogP contribution < -0.4 is 9.04 Å². The molecule has 0 fully saturated rings. The Kier molecular flexibility index (Phi) is 7.35. The van der Waals surface area contributed by atoms with Gasteiger partial charge in [0.25, 0.3) is 10.0 Å². The van der Waals surface area contributed by atoms with E-state index >= 15 is 0 Å². The lowest BCUT2D eigenvalue weighted by atomic mass is 10.1. The van der Waals surface area contributed by atoms with Crippen molar-refractivity contribution in [2.75, 3.05) is 18.0 Å². The summed E-state index contributed by atoms with van der Waals surface area (Å²) in [5.41, 5.74) is 3.60. The second-order valence-electron chi connectivity index (χ2n) is 8.40. The Bertz CT molecular complexity index is 1300. The molecule has 0 unspecified atom stereocenters. The van der Waals surface area contributed by atoms with Gasteiger partial charge in [0, 0.05) is 6.20 Å². The van der Waals surface area contributed by atoms with Crippen LogP contribution >= 0.6 is 0 Å². The van der Waals surface area contributed by atoms with Gasteiger partial charge in [-0.25, -0.2) is 14.2 Å². The van der Waals surface area contributed by atoms with E-state index < -0.39 is 22.2 Å². The Hall–Kier alpha value is -3.46. The fourth-order valence-electron chi connectivity index (χ4n) is 4.08. The van der Waals surface area contributed by atoms with E-state index in [1.807, 2.05) is 6.07 Å². The lowest BCUT2D eigenvalue weighted by Crippen LogP contribution is -2.36. The van der Waals surface area contributed by atoms with Crippen LogP contribution in [0.15, 0.2) is 65.8 Å². The van der Waals surface area contributed by atoms with E-state index in [1.54, 1.807) is 42.5 Å². The van der Waals surface area contributed by atoms with E-state index in [0.717, 1.165) is 40.3 Å². The maximum absolute atomic E-state index is 14.3. The first kappa shape index (κ1) is 24.7. The molecule has 0 N–H and O–H groups in total. The number of anilines is 1. The van der Waals surface area contributed by atoms with Crippen LogP contribution in [0.1, 0.15) is 40.4 Å². The number of sulfonamides is 1. The molecule has 1 aliphatic carbocycles. The number of alkyl halides is 1. The number of rotatable bonds is 9. The van der Waals surface area contributed by atoms with Gasteiger partial charge in [0.15, 0.2) is 5.03 Å². The minimum Gasteiger partial charge on any atom is -0.487 e. The molecule has 0 aliphatic heterocycles. The molecule has 7 nitrogen and oxygen atoms in total. The average molecular weight is 499 g/mol. The van der Waals surface area contributed by atoms with Gasteiger partial charge in [0.05, 0.1) is 24.9 Å². The van der Waals surface area contributed by atoms with Crippen LogP contribution in [-0.2, 0) is 34.2 Å². The summed E-state index contributed by atoms with van der Waals surface area (Å²) in [6.07, 6.45) is 2.62. The molecular weight excluding hydrogens is 471 g/mol. The average Bonchev–Trinajstić information content (AvgIpc) is 3.33. The number of fused-ring (bicyclic) bond motifs is 1. The van der Waals surface area contributed by atoms with E-state index in [1.165, 1.54) is 26.3 Å². The van der Waals surface area contributed by atoms with Crippen molar-refractivity contribution in [3.05, 3.63) is 83.0 Å². The van der Waals surface area contributed by atoms with Gasteiger partial charge in [-0.2, -0.15) is 8.42 Å². The molecular formula is C26H27FN2O5S. The van der Waals surface area contributed by atoms with E-state index in [0.29, 0.717) is 11.3 Å². The molecule has 0 amide bonds. The van der Waals surface area contributed by atoms with Crippen LogP contribution in [0.2, 0.25) is 0 Å². The SMILES string of the molecule is COC(=O)c1ccc(COc2cc3c(cc2N(C[C@@H](C)F)S(=O)(=O)c2ccccn2)CCC3)cc1. The maximum atomic E-state index is 14.3. The molecule has 1 aliphatic rings. The van der Waals surface area contributed by atoms with E-state index in [4.69, 9.17) is 9.47 Å². The fraction of sp³-hybridized carbons (Fsp3) is 0.308. The Morgan fingerprint density at radius 3 is 2.46 bits per heavy atom. The number of benzene rings is 2. The molecule has 0 spiro atoms. The smallest absolute Gasteiger partial charge is 0.337 e.